The minimum absolute atomic E-state index is 0.00746. The molecule has 32 heavy (non-hydrogen) atoms. The predicted octanol–water partition coefficient (Wildman–Crippen LogP) is 2.34. The Kier molecular flexibility index (Phi) is 6.20. The Morgan fingerprint density at radius 2 is 1.88 bits per heavy atom. The summed E-state index contributed by atoms with van der Waals surface area (Å²) in [6.45, 7) is 1.42. The Hall–Kier alpha value is -4.08. The number of hydrogen-bond acceptors (Lipinski definition) is 6. The van der Waals surface area contributed by atoms with Crippen molar-refractivity contribution in [2.75, 3.05) is 13.1 Å². The highest BCUT2D eigenvalue weighted by Gasteiger charge is 2.28. The molecule has 1 aromatic carbocycles. The Bertz CT molecular complexity index is 1100. The molecule has 4 rings (SSSR count). The first-order valence-corrected chi connectivity index (χ1v) is 10.3. The van der Waals surface area contributed by atoms with Crippen molar-refractivity contribution in [2.24, 2.45) is 5.92 Å². The van der Waals surface area contributed by atoms with Crippen LogP contribution in [0.25, 0.3) is 5.69 Å². The average Bonchev–Trinajstić information content (AvgIpc) is 3.33. The lowest BCUT2D eigenvalue weighted by Crippen LogP contribution is -2.42. The minimum Gasteiger partial charge on any atom is -0.352 e. The second kappa shape index (κ2) is 9.38. The number of nitro benzene ring substituents is 1. The zero-order valence-corrected chi connectivity index (χ0v) is 17.3. The third-order valence-electron chi connectivity index (χ3n) is 5.50. The van der Waals surface area contributed by atoms with E-state index in [0.717, 1.165) is 5.56 Å². The highest BCUT2D eigenvalue weighted by molar-refractivity contribution is 5.94. The van der Waals surface area contributed by atoms with Gasteiger partial charge in [-0.25, -0.2) is 4.68 Å². The average molecular weight is 434 g/mol. The van der Waals surface area contributed by atoms with Crippen molar-refractivity contribution >= 4 is 17.5 Å². The summed E-state index contributed by atoms with van der Waals surface area (Å²) in [5.41, 5.74) is 1.99. The van der Waals surface area contributed by atoms with Gasteiger partial charge in [0.05, 0.1) is 22.4 Å². The summed E-state index contributed by atoms with van der Waals surface area (Å²) in [5.74, 6) is -0.280. The van der Waals surface area contributed by atoms with Crippen LogP contribution in [0.4, 0.5) is 5.69 Å². The molecule has 0 atom stereocenters. The van der Waals surface area contributed by atoms with Crippen LogP contribution in [-0.2, 0) is 11.3 Å². The predicted molar refractivity (Wildman–Crippen MR) is 115 cm³/mol. The molecule has 0 aliphatic carbocycles. The molecule has 164 valence electrons. The topological polar surface area (TPSA) is 123 Å². The number of likely N-dealkylation sites (tertiary alicyclic amines) is 1. The lowest BCUT2D eigenvalue weighted by molar-refractivity contribution is -0.384. The van der Waals surface area contributed by atoms with Crippen LogP contribution in [0, 0.1) is 16.0 Å². The van der Waals surface area contributed by atoms with Gasteiger partial charge in [-0.1, -0.05) is 6.07 Å². The molecule has 1 aliphatic rings. The number of aromatic nitrogens is 3. The van der Waals surface area contributed by atoms with Crippen LogP contribution in [0.5, 0.6) is 0 Å². The van der Waals surface area contributed by atoms with Crippen LogP contribution in [-0.4, -0.2) is 49.5 Å². The van der Waals surface area contributed by atoms with Gasteiger partial charge in [-0.15, -0.1) is 0 Å². The highest BCUT2D eigenvalue weighted by Crippen LogP contribution is 2.20. The number of piperidine rings is 1. The maximum atomic E-state index is 12.9. The summed E-state index contributed by atoms with van der Waals surface area (Å²) in [6.07, 6.45) is 7.70. The molecular formula is C22H22N6O4. The number of hydrogen-bond donors (Lipinski definition) is 1. The van der Waals surface area contributed by atoms with Gasteiger partial charge in [0.1, 0.15) is 0 Å². The summed E-state index contributed by atoms with van der Waals surface area (Å²) in [5, 5.41) is 17.9. The molecule has 1 aliphatic heterocycles. The molecule has 0 bridgehead atoms. The number of nitrogens with one attached hydrogen (secondary N) is 1. The molecule has 2 amide bonds. The number of carbonyl (C=O) groups is 2. The molecule has 3 heterocycles. The van der Waals surface area contributed by atoms with Gasteiger partial charge < -0.3 is 10.2 Å². The normalized spacial score (nSPS) is 14.2. The Morgan fingerprint density at radius 3 is 2.53 bits per heavy atom. The zero-order chi connectivity index (χ0) is 22.5. The molecule has 3 aromatic rings. The van der Waals surface area contributed by atoms with E-state index in [9.17, 15) is 19.7 Å². The molecule has 1 saturated heterocycles. The van der Waals surface area contributed by atoms with Gasteiger partial charge in [-0.05, 0) is 36.6 Å². The number of benzene rings is 1. The van der Waals surface area contributed by atoms with Crippen LogP contribution in [0.15, 0.2) is 61.2 Å². The largest absolute Gasteiger partial charge is 0.352 e. The van der Waals surface area contributed by atoms with Gasteiger partial charge in [-0.3, -0.25) is 24.7 Å². The summed E-state index contributed by atoms with van der Waals surface area (Å²) in [6, 6.07) is 9.68. The monoisotopic (exact) mass is 434 g/mol. The van der Waals surface area contributed by atoms with E-state index in [1.54, 1.807) is 35.6 Å². The fourth-order valence-electron chi connectivity index (χ4n) is 3.67. The maximum Gasteiger partial charge on any atom is 0.269 e. The quantitative estimate of drug-likeness (QED) is 0.469. The number of non-ortho nitro benzene ring substituents is 1. The van der Waals surface area contributed by atoms with E-state index in [1.165, 1.54) is 23.0 Å². The third kappa shape index (κ3) is 4.80. The molecule has 10 nitrogen and oxygen atoms in total. The number of amides is 2. The van der Waals surface area contributed by atoms with Gasteiger partial charge in [-0.2, -0.15) is 5.10 Å². The standard InChI is InChI=1S/C22H22N6O4/c29-21(24-13-16-2-1-9-23-12-16)17-7-10-26(11-8-17)22(30)18-14-25-27(15-18)19-3-5-20(6-4-19)28(31)32/h1-6,9,12,14-15,17H,7-8,10-11,13H2,(H,24,29). The molecule has 0 saturated carbocycles. The fraction of sp³-hybridized carbons (Fsp3) is 0.273. The molecular weight excluding hydrogens is 412 g/mol. The van der Waals surface area contributed by atoms with E-state index in [2.05, 4.69) is 15.4 Å². The van der Waals surface area contributed by atoms with Crippen molar-refractivity contribution in [1.82, 2.24) is 25.0 Å². The SMILES string of the molecule is O=C(NCc1cccnc1)C1CCN(C(=O)c2cnn(-c3ccc([N+](=O)[O-])cc3)c2)CC1. The van der Waals surface area contributed by atoms with Crippen molar-refractivity contribution in [3.05, 3.63) is 82.4 Å². The van der Waals surface area contributed by atoms with E-state index in [-0.39, 0.29) is 23.4 Å². The van der Waals surface area contributed by atoms with Crippen LogP contribution in [0.2, 0.25) is 0 Å². The van der Waals surface area contributed by atoms with E-state index >= 15 is 0 Å². The lowest BCUT2D eigenvalue weighted by Gasteiger charge is -2.31. The first kappa shape index (κ1) is 21.2. The van der Waals surface area contributed by atoms with Gasteiger partial charge in [0.25, 0.3) is 11.6 Å². The van der Waals surface area contributed by atoms with Crippen molar-refractivity contribution in [3.63, 3.8) is 0 Å². The number of pyridine rings is 1. The molecule has 0 radical (unpaired) electrons. The van der Waals surface area contributed by atoms with Crippen molar-refractivity contribution in [1.29, 1.82) is 0 Å². The lowest BCUT2D eigenvalue weighted by atomic mass is 9.95. The van der Waals surface area contributed by atoms with Crippen LogP contribution >= 0.6 is 0 Å². The Labute approximate surface area is 184 Å². The molecule has 0 spiro atoms. The third-order valence-corrected chi connectivity index (χ3v) is 5.50. The van der Waals surface area contributed by atoms with Crippen LogP contribution in [0.1, 0.15) is 28.8 Å². The Balaban J connectivity index is 1.30. The van der Waals surface area contributed by atoms with E-state index in [4.69, 9.17) is 0 Å². The van der Waals surface area contributed by atoms with Crippen molar-refractivity contribution in [3.8, 4) is 5.69 Å². The fourth-order valence-corrected chi connectivity index (χ4v) is 3.67. The summed E-state index contributed by atoms with van der Waals surface area (Å²) in [7, 11) is 0. The van der Waals surface area contributed by atoms with Crippen molar-refractivity contribution in [2.45, 2.75) is 19.4 Å². The molecule has 10 heteroatoms. The zero-order valence-electron chi connectivity index (χ0n) is 17.3. The van der Waals surface area contributed by atoms with Crippen LogP contribution in [0.3, 0.4) is 0 Å². The summed E-state index contributed by atoms with van der Waals surface area (Å²) < 4.78 is 1.51. The number of rotatable bonds is 6. The van der Waals surface area contributed by atoms with Gasteiger partial charge in [0.2, 0.25) is 5.91 Å². The summed E-state index contributed by atoms with van der Waals surface area (Å²) >= 11 is 0. The first-order chi connectivity index (χ1) is 15.5. The highest BCUT2D eigenvalue weighted by atomic mass is 16.6. The maximum absolute atomic E-state index is 12.9. The molecule has 1 N–H and O–H groups in total. The van der Waals surface area contributed by atoms with E-state index in [1.807, 2.05) is 12.1 Å². The number of carbonyl (C=O) groups excluding carboxylic acids is 2. The Morgan fingerprint density at radius 1 is 1.12 bits per heavy atom. The number of nitro groups is 1. The van der Waals surface area contributed by atoms with Gasteiger partial charge in [0.15, 0.2) is 0 Å². The molecule has 1 fully saturated rings. The smallest absolute Gasteiger partial charge is 0.269 e. The first-order valence-electron chi connectivity index (χ1n) is 10.3. The van der Waals surface area contributed by atoms with Gasteiger partial charge in [0, 0.05) is 56.3 Å². The molecule has 0 unspecified atom stereocenters. The molecule has 2 aromatic heterocycles. The summed E-state index contributed by atoms with van der Waals surface area (Å²) in [4.78, 5) is 41.4. The number of nitrogens with zero attached hydrogens (tertiary/aromatic N) is 5. The second-order valence-corrected chi connectivity index (χ2v) is 7.59. The van der Waals surface area contributed by atoms with Crippen LogP contribution < -0.4 is 5.32 Å². The van der Waals surface area contributed by atoms with Gasteiger partial charge >= 0.3 is 0 Å². The van der Waals surface area contributed by atoms with Crippen molar-refractivity contribution < 1.29 is 14.5 Å². The minimum atomic E-state index is -0.468. The van der Waals surface area contributed by atoms with E-state index in [0.29, 0.717) is 43.7 Å². The second-order valence-electron chi connectivity index (χ2n) is 7.59. The van der Waals surface area contributed by atoms with E-state index < -0.39 is 4.92 Å².